The van der Waals surface area contributed by atoms with Crippen molar-refractivity contribution in [1.82, 2.24) is 14.8 Å². The number of fused-ring (bicyclic) bond motifs is 1. The van der Waals surface area contributed by atoms with E-state index in [1.165, 1.54) is 23.1 Å². The van der Waals surface area contributed by atoms with Crippen LogP contribution in [0.15, 0.2) is 39.5 Å². The second kappa shape index (κ2) is 8.60. The highest BCUT2D eigenvalue weighted by molar-refractivity contribution is 8.01. The molecule has 12 heteroatoms. The van der Waals surface area contributed by atoms with Gasteiger partial charge in [0.05, 0.1) is 10.2 Å². The maximum absolute atomic E-state index is 8.08. The Labute approximate surface area is 155 Å². The van der Waals surface area contributed by atoms with Crippen LogP contribution in [0.2, 0.25) is 0 Å². The smallest absolute Gasteiger partial charge is 0.231 e. The summed E-state index contributed by atoms with van der Waals surface area (Å²) in [6.45, 7) is 0. The third-order valence-electron chi connectivity index (χ3n) is 3.04. The van der Waals surface area contributed by atoms with Crippen molar-refractivity contribution in [3.63, 3.8) is 0 Å². The van der Waals surface area contributed by atoms with Crippen molar-refractivity contribution < 1.29 is 14.6 Å². The Balaban J connectivity index is 1.74. The van der Waals surface area contributed by atoms with Crippen molar-refractivity contribution in [2.24, 2.45) is 17.3 Å². The molecule has 3 N–H and O–H groups in total. The molecule has 0 bridgehead atoms. The van der Waals surface area contributed by atoms with Crippen LogP contribution in [0.5, 0.6) is 0 Å². The first-order valence-corrected chi connectivity index (χ1v) is 9.72. The van der Waals surface area contributed by atoms with Crippen molar-refractivity contribution >= 4 is 62.0 Å². The zero-order chi connectivity index (χ0) is 17.6. The van der Waals surface area contributed by atoms with E-state index in [1.54, 1.807) is 11.7 Å². The van der Waals surface area contributed by atoms with Gasteiger partial charge in [-0.1, -0.05) is 28.5 Å². The van der Waals surface area contributed by atoms with Crippen LogP contribution in [-0.2, 0) is 16.4 Å². The molecule has 0 spiro atoms. The molecule has 1 aromatic carbocycles. The van der Waals surface area contributed by atoms with Gasteiger partial charge >= 0.3 is 0 Å². The number of aryl methyl sites for hydroxylation is 1. The molecule has 25 heavy (non-hydrogen) atoms. The molecular formula is C13H14N6O3S3. The summed E-state index contributed by atoms with van der Waals surface area (Å²) in [5, 5.41) is 25.6. The molecule has 0 unspecified atom stereocenters. The van der Waals surface area contributed by atoms with Gasteiger partial charge in [-0.2, -0.15) is 5.10 Å². The fourth-order valence-electron chi connectivity index (χ4n) is 1.92. The summed E-state index contributed by atoms with van der Waals surface area (Å²) in [7, 11) is 1.74. The summed E-state index contributed by atoms with van der Waals surface area (Å²) in [6, 6.07) is 7.81. The highest BCUT2D eigenvalue weighted by Gasteiger charge is 2.14. The lowest BCUT2D eigenvalue weighted by molar-refractivity contribution is -0.432. The van der Waals surface area contributed by atoms with Crippen LogP contribution >= 0.6 is 35.1 Å². The maximum atomic E-state index is 8.08. The lowest BCUT2D eigenvalue weighted by atomic mass is 10.3. The Morgan fingerprint density at radius 2 is 2.16 bits per heavy atom. The van der Waals surface area contributed by atoms with E-state index in [1.807, 2.05) is 24.3 Å². The zero-order valence-corrected chi connectivity index (χ0v) is 15.5. The van der Waals surface area contributed by atoms with Gasteiger partial charge in [0, 0.05) is 30.6 Å². The van der Waals surface area contributed by atoms with E-state index in [0.717, 1.165) is 22.3 Å². The summed E-state index contributed by atoms with van der Waals surface area (Å²) < 4.78 is 6.92. The van der Waals surface area contributed by atoms with Crippen LogP contribution in [0, 0.1) is 0 Å². The Bertz CT molecular complexity index is 848. The fraction of sp³-hybridized carbons (Fsp3) is 0.231. The molecule has 0 fully saturated rings. The molecule has 132 valence electrons. The number of anilines is 1. The van der Waals surface area contributed by atoms with E-state index < -0.39 is 0 Å². The summed E-state index contributed by atoms with van der Waals surface area (Å²) in [4.78, 5) is 4.42. The van der Waals surface area contributed by atoms with Gasteiger partial charge in [-0.15, -0.1) is 26.3 Å². The summed E-state index contributed by atoms with van der Waals surface area (Å²) >= 11 is 3.89. The molecule has 0 aliphatic rings. The Kier molecular flexibility index (Phi) is 6.23. The monoisotopic (exact) mass is 398 g/mol. The van der Waals surface area contributed by atoms with Gasteiger partial charge in [0.1, 0.15) is 5.03 Å². The number of benzene rings is 1. The number of hydrogen-bond donors (Lipinski definition) is 2. The average molecular weight is 398 g/mol. The number of para-hydroxylation sites is 1. The number of nitrogen functional groups attached to an aromatic ring is 1. The second-order valence-electron chi connectivity index (χ2n) is 4.64. The average Bonchev–Trinajstić information content (AvgIpc) is 3.14. The molecular weight excluding hydrogens is 384 g/mol. The minimum absolute atomic E-state index is 0.426. The van der Waals surface area contributed by atoms with E-state index >= 15 is 0 Å². The van der Waals surface area contributed by atoms with Gasteiger partial charge in [0.2, 0.25) is 5.13 Å². The third kappa shape index (κ3) is 4.48. The van der Waals surface area contributed by atoms with Gasteiger partial charge in [-0.25, -0.2) is 14.9 Å². The molecule has 0 aliphatic carbocycles. The van der Waals surface area contributed by atoms with Gasteiger partial charge in [0.25, 0.3) is 0 Å². The molecule has 0 saturated carbocycles. The van der Waals surface area contributed by atoms with E-state index in [-0.39, 0.29) is 0 Å². The number of hydrogen-bond acceptors (Lipinski definition) is 11. The van der Waals surface area contributed by atoms with Crippen LogP contribution in [-0.4, -0.2) is 31.5 Å². The van der Waals surface area contributed by atoms with Crippen molar-refractivity contribution in [3.8, 4) is 0 Å². The number of aromatic nitrogens is 3. The highest BCUT2D eigenvalue weighted by atomic mass is 32.2. The highest BCUT2D eigenvalue weighted by Crippen LogP contribution is 2.36. The second-order valence-corrected chi connectivity index (χ2v) is 7.51. The summed E-state index contributed by atoms with van der Waals surface area (Å²) in [6.07, 6.45) is 0. The molecule has 0 saturated heterocycles. The Hall–Kier alpha value is -1.70. The van der Waals surface area contributed by atoms with Crippen LogP contribution in [0.25, 0.3) is 10.2 Å². The van der Waals surface area contributed by atoms with E-state index in [2.05, 4.69) is 29.7 Å². The van der Waals surface area contributed by atoms with Crippen molar-refractivity contribution in [2.75, 3.05) is 17.2 Å². The van der Waals surface area contributed by atoms with Crippen LogP contribution < -0.4 is 5.73 Å². The molecule has 0 radical (unpaired) electrons. The predicted molar refractivity (Wildman–Crippen MR) is 99.4 cm³/mol. The number of nitrogens with two attached hydrogens (primary N) is 1. The van der Waals surface area contributed by atoms with Gasteiger partial charge in [0.15, 0.2) is 11.5 Å². The lowest BCUT2D eigenvalue weighted by Gasteiger charge is -1.97. The van der Waals surface area contributed by atoms with Crippen LogP contribution in [0.3, 0.4) is 0 Å². The van der Waals surface area contributed by atoms with E-state index in [0.29, 0.717) is 33.2 Å². The standard InChI is InChI=1S/C13H14N6O3S3/c1-19-11(14)10(12(18-19)23-6-7-24-22-21-20)16-17-13-15-8-4-2-3-5-9(8)25-13/h2-5,20H,6-7,14H2,1H3. The van der Waals surface area contributed by atoms with E-state index in [4.69, 9.17) is 11.0 Å². The lowest BCUT2D eigenvalue weighted by Crippen LogP contribution is -1.96. The minimum Gasteiger partial charge on any atom is -0.382 e. The van der Waals surface area contributed by atoms with Crippen molar-refractivity contribution in [1.29, 1.82) is 0 Å². The summed E-state index contributed by atoms with van der Waals surface area (Å²) in [5.41, 5.74) is 7.43. The largest absolute Gasteiger partial charge is 0.382 e. The molecule has 2 heterocycles. The van der Waals surface area contributed by atoms with Crippen LogP contribution in [0.1, 0.15) is 0 Å². The van der Waals surface area contributed by atoms with Crippen molar-refractivity contribution in [2.45, 2.75) is 5.03 Å². The minimum atomic E-state index is 0.426. The number of azo groups is 1. The molecule has 3 aromatic rings. The molecule has 9 nitrogen and oxygen atoms in total. The van der Waals surface area contributed by atoms with Gasteiger partial charge in [-0.05, 0) is 12.1 Å². The first kappa shape index (κ1) is 18.1. The molecule has 0 atom stereocenters. The molecule has 0 aliphatic heterocycles. The van der Waals surface area contributed by atoms with E-state index in [9.17, 15) is 0 Å². The number of thioether (sulfide) groups is 1. The normalized spacial score (nSPS) is 11.8. The number of thiazole rings is 1. The summed E-state index contributed by atoms with van der Waals surface area (Å²) in [5.74, 6) is 1.67. The number of rotatable bonds is 8. The predicted octanol–water partition coefficient (Wildman–Crippen LogP) is 4.19. The fourth-order valence-corrected chi connectivity index (χ4v) is 4.07. The topological polar surface area (TPSA) is 120 Å². The van der Waals surface area contributed by atoms with Crippen molar-refractivity contribution in [3.05, 3.63) is 24.3 Å². The SMILES string of the molecule is Cn1nc(SCCSOOO)c(N=Nc2nc3ccccc3s2)c1N. The molecule has 0 amide bonds. The third-order valence-corrected chi connectivity index (χ3v) is 5.70. The van der Waals surface area contributed by atoms with Gasteiger partial charge < -0.3 is 5.73 Å². The van der Waals surface area contributed by atoms with Gasteiger partial charge in [-0.3, -0.25) is 0 Å². The Morgan fingerprint density at radius 1 is 1.32 bits per heavy atom. The zero-order valence-electron chi connectivity index (χ0n) is 13.0. The quantitative estimate of drug-likeness (QED) is 0.145. The number of nitrogens with zero attached hydrogens (tertiary/aromatic N) is 5. The molecule has 2 aromatic heterocycles. The first-order valence-electron chi connectivity index (χ1n) is 7.01. The Morgan fingerprint density at radius 3 is 2.96 bits per heavy atom. The first-order chi connectivity index (χ1) is 12.2. The molecule has 3 rings (SSSR count). The maximum Gasteiger partial charge on any atom is 0.231 e. The van der Waals surface area contributed by atoms with Crippen LogP contribution in [0.4, 0.5) is 16.6 Å².